The van der Waals surface area contributed by atoms with Crippen LogP contribution in [0.1, 0.15) is 62.2 Å². The SMILES string of the molecule is CC(C)(C)c1ccc(CCC(=O)N2CCCC2c2nc3ccccc3s2)cc1. The number of fused-ring (bicyclic) bond motifs is 1. The van der Waals surface area contributed by atoms with E-state index in [0.29, 0.717) is 6.42 Å². The Morgan fingerprint density at radius 1 is 1.14 bits per heavy atom. The number of likely N-dealkylation sites (tertiary alicyclic amines) is 1. The summed E-state index contributed by atoms with van der Waals surface area (Å²) in [4.78, 5) is 19.8. The highest BCUT2D eigenvalue weighted by atomic mass is 32.1. The highest BCUT2D eigenvalue weighted by molar-refractivity contribution is 7.18. The molecule has 3 nitrogen and oxygen atoms in total. The zero-order valence-corrected chi connectivity index (χ0v) is 17.8. The molecular formula is C24H28N2OS. The molecule has 1 fully saturated rings. The third-order valence-electron chi connectivity index (χ3n) is 5.62. The molecule has 28 heavy (non-hydrogen) atoms. The summed E-state index contributed by atoms with van der Waals surface area (Å²) < 4.78 is 1.20. The standard InChI is InChI=1S/C24H28N2OS/c1-24(2,3)18-13-10-17(11-14-18)12-15-22(27)26-16-6-8-20(26)23-25-19-7-4-5-9-21(19)28-23/h4-5,7,9-11,13-14,20H,6,8,12,15-16H2,1-3H3. The molecule has 3 aromatic rings. The van der Waals surface area contributed by atoms with Crippen molar-refractivity contribution in [2.75, 3.05) is 6.54 Å². The van der Waals surface area contributed by atoms with E-state index in [2.05, 4.69) is 62.1 Å². The van der Waals surface area contributed by atoms with Gasteiger partial charge in [-0.1, -0.05) is 57.2 Å². The molecule has 1 saturated heterocycles. The van der Waals surface area contributed by atoms with Gasteiger partial charge in [0, 0.05) is 13.0 Å². The van der Waals surface area contributed by atoms with Crippen LogP contribution >= 0.6 is 11.3 Å². The van der Waals surface area contributed by atoms with Crippen molar-refractivity contribution >= 4 is 27.5 Å². The third kappa shape index (κ3) is 3.97. The molecule has 0 saturated carbocycles. The summed E-state index contributed by atoms with van der Waals surface area (Å²) in [6.45, 7) is 7.52. The molecule has 0 aliphatic carbocycles. The molecule has 0 spiro atoms. The van der Waals surface area contributed by atoms with Crippen LogP contribution in [0.3, 0.4) is 0 Å². The first-order valence-electron chi connectivity index (χ1n) is 10.2. The minimum Gasteiger partial charge on any atom is -0.333 e. The van der Waals surface area contributed by atoms with Gasteiger partial charge < -0.3 is 4.90 Å². The Kier molecular flexibility index (Phi) is 5.24. The van der Waals surface area contributed by atoms with Crippen LogP contribution in [0.15, 0.2) is 48.5 Å². The van der Waals surface area contributed by atoms with E-state index in [4.69, 9.17) is 4.98 Å². The van der Waals surface area contributed by atoms with Crippen LogP contribution in [0.2, 0.25) is 0 Å². The van der Waals surface area contributed by atoms with Crippen LogP contribution in [0.4, 0.5) is 0 Å². The summed E-state index contributed by atoms with van der Waals surface area (Å²) in [5, 5.41) is 1.08. The highest BCUT2D eigenvalue weighted by Gasteiger charge is 2.31. The predicted molar refractivity (Wildman–Crippen MR) is 117 cm³/mol. The summed E-state index contributed by atoms with van der Waals surface area (Å²) in [7, 11) is 0. The highest BCUT2D eigenvalue weighted by Crippen LogP contribution is 2.36. The topological polar surface area (TPSA) is 33.2 Å². The number of carbonyl (C=O) groups is 1. The van der Waals surface area contributed by atoms with Gasteiger partial charge in [-0.3, -0.25) is 4.79 Å². The first-order chi connectivity index (χ1) is 13.4. The molecule has 0 radical (unpaired) electrons. The zero-order chi connectivity index (χ0) is 19.7. The Balaban J connectivity index is 1.42. The smallest absolute Gasteiger partial charge is 0.223 e. The Morgan fingerprint density at radius 2 is 1.89 bits per heavy atom. The van der Waals surface area contributed by atoms with E-state index in [-0.39, 0.29) is 17.4 Å². The number of hydrogen-bond donors (Lipinski definition) is 0. The summed E-state index contributed by atoms with van der Waals surface area (Å²) >= 11 is 1.73. The Bertz CT molecular complexity index is 935. The van der Waals surface area contributed by atoms with Crippen LogP contribution in [-0.4, -0.2) is 22.3 Å². The van der Waals surface area contributed by atoms with Crippen LogP contribution in [0.25, 0.3) is 10.2 Å². The molecular weight excluding hydrogens is 364 g/mol. The van der Waals surface area contributed by atoms with Crippen molar-refractivity contribution in [1.82, 2.24) is 9.88 Å². The van der Waals surface area contributed by atoms with E-state index in [1.165, 1.54) is 15.8 Å². The van der Waals surface area contributed by atoms with Gasteiger partial charge in [-0.25, -0.2) is 4.98 Å². The number of nitrogens with zero attached hydrogens (tertiary/aromatic N) is 2. The quantitative estimate of drug-likeness (QED) is 0.554. The minimum atomic E-state index is 0.146. The number of thiazole rings is 1. The van der Waals surface area contributed by atoms with Crippen LogP contribution in [0.5, 0.6) is 0 Å². The molecule has 146 valence electrons. The molecule has 1 atom stereocenters. The molecule has 2 heterocycles. The lowest BCUT2D eigenvalue weighted by atomic mass is 9.86. The predicted octanol–water partition coefficient (Wildman–Crippen LogP) is 5.89. The van der Waals surface area contributed by atoms with Crippen molar-refractivity contribution < 1.29 is 4.79 Å². The molecule has 4 heteroatoms. The number of amides is 1. The molecule has 1 unspecified atom stereocenters. The van der Waals surface area contributed by atoms with Crippen molar-refractivity contribution in [1.29, 1.82) is 0 Å². The van der Waals surface area contributed by atoms with Gasteiger partial charge in [0.25, 0.3) is 0 Å². The monoisotopic (exact) mass is 392 g/mol. The number of rotatable bonds is 4. The molecule has 1 amide bonds. The molecule has 4 rings (SSSR count). The second-order valence-corrected chi connectivity index (χ2v) is 9.77. The lowest BCUT2D eigenvalue weighted by Gasteiger charge is -2.23. The van der Waals surface area contributed by atoms with Crippen LogP contribution in [0, 0.1) is 0 Å². The molecule has 1 aliphatic heterocycles. The number of carbonyl (C=O) groups excluding carboxylic acids is 1. The average Bonchev–Trinajstić information content (AvgIpc) is 3.32. The maximum atomic E-state index is 12.9. The van der Waals surface area contributed by atoms with Gasteiger partial charge in [0.15, 0.2) is 0 Å². The number of benzene rings is 2. The third-order valence-corrected chi connectivity index (χ3v) is 6.75. The number of para-hydroxylation sites is 1. The fraction of sp³-hybridized carbons (Fsp3) is 0.417. The molecule has 1 aliphatic rings. The van der Waals surface area contributed by atoms with E-state index in [1.54, 1.807) is 11.3 Å². The maximum Gasteiger partial charge on any atom is 0.223 e. The van der Waals surface area contributed by atoms with E-state index in [1.807, 2.05) is 12.1 Å². The van der Waals surface area contributed by atoms with E-state index < -0.39 is 0 Å². The fourth-order valence-corrected chi connectivity index (χ4v) is 5.04. The van der Waals surface area contributed by atoms with Crippen molar-refractivity contribution in [3.05, 3.63) is 64.7 Å². The second-order valence-electron chi connectivity index (χ2n) is 8.71. The molecule has 2 aromatic carbocycles. The van der Waals surface area contributed by atoms with E-state index in [9.17, 15) is 4.79 Å². The van der Waals surface area contributed by atoms with Gasteiger partial charge in [0.2, 0.25) is 5.91 Å². The normalized spacial score (nSPS) is 17.4. The van der Waals surface area contributed by atoms with Gasteiger partial charge in [-0.2, -0.15) is 0 Å². The number of aryl methyl sites for hydroxylation is 1. The van der Waals surface area contributed by atoms with Crippen molar-refractivity contribution in [2.45, 2.75) is 57.9 Å². The number of aromatic nitrogens is 1. The van der Waals surface area contributed by atoms with E-state index >= 15 is 0 Å². The molecule has 1 aromatic heterocycles. The number of hydrogen-bond acceptors (Lipinski definition) is 3. The second kappa shape index (κ2) is 7.67. The van der Waals surface area contributed by atoms with Gasteiger partial charge in [-0.05, 0) is 47.9 Å². The van der Waals surface area contributed by atoms with Gasteiger partial charge in [0.1, 0.15) is 5.01 Å². The lowest BCUT2D eigenvalue weighted by molar-refractivity contribution is -0.132. The molecule has 0 N–H and O–H groups in total. The summed E-state index contributed by atoms with van der Waals surface area (Å²) in [5.74, 6) is 0.252. The Morgan fingerprint density at radius 3 is 2.61 bits per heavy atom. The van der Waals surface area contributed by atoms with Crippen molar-refractivity contribution in [2.24, 2.45) is 0 Å². The summed E-state index contributed by atoms with van der Waals surface area (Å²) in [5.41, 5.74) is 3.77. The van der Waals surface area contributed by atoms with Crippen molar-refractivity contribution in [3.8, 4) is 0 Å². The Labute approximate surface area is 171 Å². The summed E-state index contributed by atoms with van der Waals surface area (Å²) in [6.07, 6.45) is 3.45. The molecule has 0 bridgehead atoms. The van der Waals surface area contributed by atoms with Gasteiger partial charge >= 0.3 is 0 Å². The zero-order valence-electron chi connectivity index (χ0n) is 16.9. The van der Waals surface area contributed by atoms with Crippen molar-refractivity contribution in [3.63, 3.8) is 0 Å². The van der Waals surface area contributed by atoms with Crippen LogP contribution < -0.4 is 0 Å². The van der Waals surface area contributed by atoms with Gasteiger partial charge in [-0.15, -0.1) is 11.3 Å². The summed E-state index contributed by atoms with van der Waals surface area (Å²) in [6, 6.07) is 17.1. The first-order valence-corrected chi connectivity index (χ1v) is 11.0. The van der Waals surface area contributed by atoms with E-state index in [0.717, 1.165) is 36.3 Å². The lowest BCUT2D eigenvalue weighted by Crippen LogP contribution is -2.30. The average molecular weight is 393 g/mol. The van der Waals surface area contributed by atoms with Gasteiger partial charge in [0.05, 0.1) is 16.3 Å². The Hall–Kier alpha value is -2.20. The first kappa shape index (κ1) is 19.1. The van der Waals surface area contributed by atoms with Crippen LogP contribution in [-0.2, 0) is 16.6 Å². The largest absolute Gasteiger partial charge is 0.333 e. The minimum absolute atomic E-state index is 0.146. The maximum absolute atomic E-state index is 12.9. The fourth-order valence-electron chi connectivity index (χ4n) is 3.92.